The van der Waals surface area contributed by atoms with E-state index in [0.29, 0.717) is 23.3 Å². The van der Waals surface area contributed by atoms with Gasteiger partial charge in [-0.25, -0.2) is 0 Å². The Labute approximate surface area is 135 Å². The first-order valence-corrected chi connectivity index (χ1v) is 7.65. The molecule has 2 nitrogen and oxygen atoms in total. The molecule has 0 aliphatic carbocycles. The normalized spacial score (nSPS) is 11.4. The Morgan fingerprint density at radius 2 is 1.90 bits per heavy atom. The van der Waals surface area contributed by atoms with Gasteiger partial charge in [0.1, 0.15) is 0 Å². The van der Waals surface area contributed by atoms with Crippen molar-refractivity contribution >= 4 is 23.2 Å². The maximum atomic E-state index is 6.13. The number of ether oxygens (including phenoxy) is 1. The zero-order chi connectivity index (χ0) is 15.2. The Kier molecular flexibility index (Phi) is 5.92. The molecule has 1 aromatic carbocycles. The summed E-state index contributed by atoms with van der Waals surface area (Å²) in [5, 5.41) is 1.28. The summed E-state index contributed by atoms with van der Waals surface area (Å²) in [6, 6.07) is 7.56. The molecular formula is C17H19Cl2NO. The summed E-state index contributed by atoms with van der Waals surface area (Å²) >= 11 is 12.0. The van der Waals surface area contributed by atoms with Crippen LogP contribution >= 0.6 is 23.2 Å². The first-order chi connectivity index (χ1) is 10.1. The third kappa shape index (κ3) is 4.37. The second kappa shape index (κ2) is 7.69. The molecule has 4 heteroatoms. The first-order valence-electron chi connectivity index (χ1n) is 6.89. The van der Waals surface area contributed by atoms with Crippen molar-refractivity contribution in [1.82, 2.24) is 4.57 Å². The molecule has 0 saturated carbocycles. The lowest BCUT2D eigenvalue weighted by molar-refractivity contribution is 0.107. The molecule has 1 aromatic heterocycles. The van der Waals surface area contributed by atoms with Crippen LogP contribution in [-0.4, -0.2) is 4.57 Å². The van der Waals surface area contributed by atoms with E-state index < -0.39 is 0 Å². The zero-order valence-corrected chi connectivity index (χ0v) is 13.8. The summed E-state index contributed by atoms with van der Waals surface area (Å²) < 4.78 is 7.97. The van der Waals surface area contributed by atoms with Gasteiger partial charge in [-0.05, 0) is 43.2 Å². The predicted octanol–water partition coefficient (Wildman–Crippen LogP) is 5.40. The standard InChI is InChI=1S/C17H19Cl2NO/c1-3-4-8-20-9-7-14(13(20)2)11-21-12-15-5-6-16(18)10-17(15)19/h3-7,9-10H,8,11-12H2,1-2H3/b4-3+. The van der Waals surface area contributed by atoms with Gasteiger partial charge in [0.2, 0.25) is 0 Å². The van der Waals surface area contributed by atoms with Gasteiger partial charge >= 0.3 is 0 Å². The molecule has 21 heavy (non-hydrogen) atoms. The van der Waals surface area contributed by atoms with Crippen LogP contribution in [-0.2, 0) is 24.5 Å². The molecule has 0 atom stereocenters. The monoisotopic (exact) mass is 323 g/mol. The molecule has 0 unspecified atom stereocenters. The van der Waals surface area contributed by atoms with Crippen LogP contribution in [0, 0.1) is 6.92 Å². The van der Waals surface area contributed by atoms with Crippen LogP contribution in [0.4, 0.5) is 0 Å². The average Bonchev–Trinajstić information content (AvgIpc) is 2.80. The predicted molar refractivity (Wildman–Crippen MR) is 88.9 cm³/mol. The second-order valence-electron chi connectivity index (χ2n) is 4.88. The third-order valence-corrected chi connectivity index (χ3v) is 4.01. The maximum absolute atomic E-state index is 6.13. The highest BCUT2D eigenvalue weighted by Crippen LogP contribution is 2.22. The number of rotatable bonds is 6. The summed E-state index contributed by atoms with van der Waals surface area (Å²) in [5.74, 6) is 0. The molecule has 2 rings (SSSR count). The minimum absolute atomic E-state index is 0.482. The lowest BCUT2D eigenvalue weighted by atomic mass is 10.2. The lowest BCUT2D eigenvalue weighted by Crippen LogP contribution is -1.99. The Morgan fingerprint density at radius 1 is 1.14 bits per heavy atom. The van der Waals surface area contributed by atoms with E-state index in [1.54, 1.807) is 6.07 Å². The van der Waals surface area contributed by atoms with Gasteiger partial charge in [0.15, 0.2) is 0 Å². The van der Waals surface area contributed by atoms with Crippen LogP contribution in [0.2, 0.25) is 10.0 Å². The van der Waals surface area contributed by atoms with E-state index in [1.807, 2.05) is 19.1 Å². The van der Waals surface area contributed by atoms with Crippen molar-refractivity contribution < 1.29 is 4.74 Å². The Bertz CT molecular complexity index is 632. The van der Waals surface area contributed by atoms with Crippen LogP contribution in [0.1, 0.15) is 23.7 Å². The summed E-state index contributed by atoms with van der Waals surface area (Å²) in [6.07, 6.45) is 6.27. The highest BCUT2D eigenvalue weighted by atomic mass is 35.5. The minimum atomic E-state index is 0.482. The smallest absolute Gasteiger partial charge is 0.0738 e. The average molecular weight is 324 g/mol. The summed E-state index contributed by atoms with van der Waals surface area (Å²) in [7, 11) is 0. The van der Waals surface area contributed by atoms with Crippen molar-refractivity contribution in [3.8, 4) is 0 Å². The van der Waals surface area contributed by atoms with Crippen molar-refractivity contribution in [2.75, 3.05) is 0 Å². The highest BCUT2D eigenvalue weighted by molar-refractivity contribution is 6.35. The Balaban J connectivity index is 1.93. The lowest BCUT2D eigenvalue weighted by Gasteiger charge is -2.08. The number of hydrogen-bond acceptors (Lipinski definition) is 1. The van der Waals surface area contributed by atoms with Crippen molar-refractivity contribution in [3.63, 3.8) is 0 Å². The van der Waals surface area contributed by atoms with Crippen molar-refractivity contribution in [2.45, 2.75) is 33.6 Å². The van der Waals surface area contributed by atoms with E-state index in [2.05, 4.69) is 35.9 Å². The fourth-order valence-electron chi connectivity index (χ4n) is 2.08. The largest absolute Gasteiger partial charge is 0.372 e. The fourth-order valence-corrected chi connectivity index (χ4v) is 2.54. The van der Waals surface area contributed by atoms with Gasteiger partial charge in [0, 0.05) is 28.5 Å². The molecule has 112 valence electrons. The number of halogens is 2. The van der Waals surface area contributed by atoms with E-state index in [0.717, 1.165) is 12.1 Å². The van der Waals surface area contributed by atoms with Gasteiger partial charge in [-0.3, -0.25) is 0 Å². The number of aromatic nitrogens is 1. The molecule has 0 amide bonds. The van der Waals surface area contributed by atoms with Crippen molar-refractivity contribution in [2.24, 2.45) is 0 Å². The third-order valence-electron chi connectivity index (χ3n) is 3.42. The quantitative estimate of drug-likeness (QED) is 0.649. The Morgan fingerprint density at radius 3 is 2.62 bits per heavy atom. The molecule has 0 aliphatic rings. The van der Waals surface area contributed by atoms with Gasteiger partial charge in [0.25, 0.3) is 0 Å². The van der Waals surface area contributed by atoms with Gasteiger partial charge in [0.05, 0.1) is 13.2 Å². The zero-order valence-electron chi connectivity index (χ0n) is 12.3. The fraction of sp³-hybridized carbons (Fsp3) is 0.294. The van der Waals surface area contributed by atoms with E-state index in [9.17, 15) is 0 Å². The summed E-state index contributed by atoms with van der Waals surface area (Å²) in [5.41, 5.74) is 3.38. The second-order valence-corrected chi connectivity index (χ2v) is 5.72. The van der Waals surface area contributed by atoms with Crippen LogP contribution in [0.15, 0.2) is 42.6 Å². The molecule has 0 saturated heterocycles. The molecule has 0 N–H and O–H groups in total. The maximum Gasteiger partial charge on any atom is 0.0738 e. The van der Waals surface area contributed by atoms with Crippen LogP contribution in [0.5, 0.6) is 0 Å². The summed E-state index contributed by atoms with van der Waals surface area (Å²) in [4.78, 5) is 0. The minimum Gasteiger partial charge on any atom is -0.372 e. The first kappa shape index (κ1) is 16.2. The summed E-state index contributed by atoms with van der Waals surface area (Å²) in [6.45, 7) is 6.09. The van der Waals surface area contributed by atoms with Crippen LogP contribution in [0.25, 0.3) is 0 Å². The van der Waals surface area contributed by atoms with Gasteiger partial charge in [-0.1, -0.05) is 41.4 Å². The number of nitrogens with zero attached hydrogens (tertiary/aromatic N) is 1. The molecule has 0 spiro atoms. The molecule has 0 fully saturated rings. The van der Waals surface area contributed by atoms with Crippen molar-refractivity contribution in [3.05, 3.63) is 69.5 Å². The Hall–Kier alpha value is -1.22. The van der Waals surface area contributed by atoms with Crippen LogP contribution in [0.3, 0.4) is 0 Å². The van der Waals surface area contributed by atoms with Crippen LogP contribution < -0.4 is 0 Å². The molecule has 1 heterocycles. The van der Waals surface area contributed by atoms with Gasteiger partial charge < -0.3 is 9.30 Å². The number of hydrogen-bond donors (Lipinski definition) is 0. The number of allylic oxidation sites excluding steroid dienone is 2. The van der Waals surface area contributed by atoms with Gasteiger partial charge in [-0.15, -0.1) is 0 Å². The molecule has 0 aliphatic heterocycles. The molecular weight excluding hydrogens is 305 g/mol. The van der Waals surface area contributed by atoms with Gasteiger partial charge in [-0.2, -0.15) is 0 Å². The van der Waals surface area contributed by atoms with E-state index in [-0.39, 0.29) is 0 Å². The van der Waals surface area contributed by atoms with E-state index in [4.69, 9.17) is 27.9 Å². The molecule has 0 radical (unpaired) electrons. The topological polar surface area (TPSA) is 14.2 Å². The highest BCUT2D eigenvalue weighted by Gasteiger charge is 2.05. The van der Waals surface area contributed by atoms with E-state index >= 15 is 0 Å². The van der Waals surface area contributed by atoms with Crippen molar-refractivity contribution in [1.29, 1.82) is 0 Å². The molecule has 2 aromatic rings. The SMILES string of the molecule is C/C=C/Cn1ccc(COCc2ccc(Cl)cc2Cl)c1C. The molecule has 0 bridgehead atoms. The van der Waals surface area contributed by atoms with E-state index in [1.165, 1.54) is 11.3 Å². The number of benzene rings is 1.